The lowest BCUT2D eigenvalue weighted by Gasteiger charge is -2.40. The van der Waals surface area contributed by atoms with Gasteiger partial charge >= 0.3 is 0 Å². The molecule has 3 fully saturated rings. The Morgan fingerprint density at radius 2 is 1.27 bits per heavy atom. The summed E-state index contributed by atoms with van der Waals surface area (Å²) in [6.45, 7) is 8.98. The fourth-order valence-electron chi connectivity index (χ4n) is 3.85. The van der Waals surface area contributed by atoms with E-state index in [1.165, 1.54) is 0 Å². The number of fused-ring (bicyclic) bond motifs is 12. The van der Waals surface area contributed by atoms with E-state index in [1.54, 1.807) is 6.92 Å². The van der Waals surface area contributed by atoms with Crippen LogP contribution in [0.15, 0.2) is 0 Å². The van der Waals surface area contributed by atoms with E-state index in [0.717, 1.165) is 19.4 Å². The minimum atomic E-state index is -0.417. The molecule has 0 aliphatic carbocycles. The van der Waals surface area contributed by atoms with Gasteiger partial charge in [-0.15, -0.1) is 0 Å². The number of carbonyl (C=O) groups is 1. The summed E-state index contributed by atoms with van der Waals surface area (Å²) < 4.78 is 0. The number of carbonyl (C=O) groups excluding carboxylic acids is 1. The number of nitrogens with one attached hydrogen (secondary N) is 9. The van der Waals surface area contributed by atoms with Crippen molar-refractivity contribution in [2.75, 3.05) is 72.4 Å². The predicted octanol–water partition coefficient (Wildman–Crippen LogP) is -3.76. The summed E-state index contributed by atoms with van der Waals surface area (Å²) in [6.07, 6.45) is 1.97. The molecule has 0 aromatic rings. The molecule has 3 rings (SSSR count). The summed E-state index contributed by atoms with van der Waals surface area (Å²) in [5, 5.41) is 31.4. The SMILES string of the molecule is CC(=O)NC12CNCNCC(NC(=S)NCCCCN)(CNCNC1)CNCNC2. The van der Waals surface area contributed by atoms with E-state index in [1.807, 2.05) is 0 Å². The maximum Gasteiger partial charge on any atom is 0.217 e. The number of nitrogens with two attached hydrogens (primary N) is 1. The van der Waals surface area contributed by atoms with Crippen LogP contribution in [0.25, 0.3) is 0 Å². The Labute approximate surface area is 185 Å². The van der Waals surface area contributed by atoms with Crippen molar-refractivity contribution in [2.45, 2.75) is 30.8 Å². The highest BCUT2D eigenvalue weighted by atomic mass is 32.1. The summed E-state index contributed by atoms with van der Waals surface area (Å²) >= 11 is 5.56. The largest absolute Gasteiger partial charge is 0.363 e. The fraction of sp³-hybridized carbons (Fsp3) is 0.889. The molecule has 11 N–H and O–H groups in total. The van der Waals surface area contributed by atoms with Crippen LogP contribution in [0.1, 0.15) is 19.8 Å². The molecular formula is C18H40N10OS. The minimum Gasteiger partial charge on any atom is -0.363 e. The van der Waals surface area contributed by atoms with E-state index < -0.39 is 5.54 Å². The average molecular weight is 445 g/mol. The molecule has 0 aromatic heterocycles. The van der Waals surface area contributed by atoms with Gasteiger partial charge in [0.15, 0.2) is 5.11 Å². The molecular weight excluding hydrogens is 404 g/mol. The third kappa shape index (κ3) is 8.94. The smallest absolute Gasteiger partial charge is 0.217 e. The molecule has 0 atom stereocenters. The normalized spacial score (nSPS) is 28.7. The maximum atomic E-state index is 11.8. The van der Waals surface area contributed by atoms with Crippen molar-refractivity contribution in [1.29, 1.82) is 0 Å². The van der Waals surface area contributed by atoms with Gasteiger partial charge in [-0.25, -0.2) is 0 Å². The molecule has 174 valence electrons. The summed E-state index contributed by atoms with van der Waals surface area (Å²) in [6, 6.07) is 0. The first-order valence-corrected chi connectivity index (χ1v) is 11.2. The van der Waals surface area contributed by atoms with E-state index in [2.05, 4.69) is 47.9 Å². The molecule has 0 spiro atoms. The summed E-state index contributed by atoms with van der Waals surface area (Å²) in [5.41, 5.74) is 4.84. The molecule has 0 saturated carbocycles. The predicted molar refractivity (Wildman–Crippen MR) is 124 cm³/mol. The maximum absolute atomic E-state index is 11.8. The van der Waals surface area contributed by atoms with E-state index in [0.29, 0.717) is 70.9 Å². The van der Waals surface area contributed by atoms with Crippen LogP contribution in [0.5, 0.6) is 0 Å². The summed E-state index contributed by atoms with van der Waals surface area (Å²) in [4.78, 5) is 11.8. The van der Waals surface area contributed by atoms with Crippen LogP contribution in [0.3, 0.4) is 0 Å². The lowest BCUT2D eigenvalue weighted by atomic mass is 9.97. The quantitative estimate of drug-likeness (QED) is 0.145. The molecule has 30 heavy (non-hydrogen) atoms. The number of rotatable bonds is 6. The van der Waals surface area contributed by atoms with Crippen molar-refractivity contribution in [1.82, 2.24) is 47.9 Å². The molecule has 11 nitrogen and oxygen atoms in total. The zero-order valence-electron chi connectivity index (χ0n) is 18.1. The molecule has 0 radical (unpaired) electrons. The van der Waals surface area contributed by atoms with Gasteiger partial charge in [0, 0.05) is 72.7 Å². The third-order valence-corrected chi connectivity index (χ3v) is 5.51. The van der Waals surface area contributed by atoms with Crippen LogP contribution < -0.4 is 53.6 Å². The Hall–Kier alpha value is -1.12. The van der Waals surface area contributed by atoms with E-state index >= 15 is 0 Å². The van der Waals surface area contributed by atoms with Gasteiger partial charge in [0.25, 0.3) is 0 Å². The molecule has 2 bridgehead atoms. The van der Waals surface area contributed by atoms with E-state index in [4.69, 9.17) is 18.0 Å². The Bertz CT molecular complexity index is 496. The Balaban J connectivity index is 2.05. The van der Waals surface area contributed by atoms with E-state index in [9.17, 15) is 4.79 Å². The molecule has 3 aliphatic heterocycles. The first-order valence-electron chi connectivity index (χ1n) is 10.8. The average Bonchev–Trinajstić information content (AvgIpc) is 2.67. The van der Waals surface area contributed by atoms with Gasteiger partial charge in [-0.1, -0.05) is 0 Å². The van der Waals surface area contributed by atoms with Gasteiger partial charge in [0.05, 0.1) is 11.1 Å². The second-order valence-corrected chi connectivity index (χ2v) is 8.62. The second kappa shape index (κ2) is 13.3. The highest BCUT2D eigenvalue weighted by Gasteiger charge is 2.34. The van der Waals surface area contributed by atoms with Gasteiger partial charge in [0.2, 0.25) is 5.91 Å². The molecule has 3 heterocycles. The van der Waals surface area contributed by atoms with Crippen molar-refractivity contribution in [3.8, 4) is 0 Å². The highest BCUT2D eigenvalue weighted by molar-refractivity contribution is 7.80. The van der Waals surface area contributed by atoms with Crippen molar-refractivity contribution in [3.63, 3.8) is 0 Å². The fourth-order valence-corrected chi connectivity index (χ4v) is 4.16. The Morgan fingerprint density at radius 1 is 0.833 bits per heavy atom. The topological polar surface area (TPSA) is 151 Å². The molecule has 12 heteroatoms. The highest BCUT2D eigenvalue weighted by Crippen LogP contribution is 2.06. The van der Waals surface area contributed by atoms with Gasteiger partial charge in [0.1, 0.15) is 0 Å². The van der Waals surface area contributed by atoms with Gasteiger partial charge in [-0.2, -0.15) is 0 Å². The molecule has 1 amide bonds. The van der Waals surface area contributed by atoms with Crippen molar-refractivity contribution in [2.24, 2.45) is 5.73 Å². The zero-order valence-corrected chi connectivity index (χ0v) is 18.9. The van der Waals surface area contributed by atoms with Crippen LogP contribution in [-0.4, -0.2) is 94.5 Å². The first kappa shape index (κ1) is 25.1. The lowest BCUT2D eigenvalue weighted by molar-refractivity contribution is -0.120. The Kier molecular flexibility index (Phi) is 11.2. The van der Waals surface area contributed by atoms with Crippen molar-refractivity contribution in [3.05, 3.63) is 0 Å². The summed E-state index contributed by atoms with van der Waals surface area (Å²) in [7, 11) is 0. The van der Waals surface area contributed by atoms with Crippen LogP contribution >= 0.6 is 12.2 Å². The van der Waals surface area contributed by atoms with Gasteiger partial charge in [-0.3, -0.25) is 4.79 Å². The molecule has 3 saturated heterocycles. The third-order valence-electron chi connectivity index (χ3n) is 5.27. The van der Waals surface area contributed by atoms with Gasteiger partial charge in [-0.05, 0) is 31.6 Å². The molecule has 0 aromatic carbocycles. The standard InChI is InChI=1S/C18H40N10OS/c1-15(29)27-17-6-20-12-23-9-18(10-24-13-21-7-17,11-25-14-22-8-17)28-16(30)26-5-3-2-4-19/h20-25H,2-14,19H2,1H3,(H,27,29)(H2,26,28,30). The number of unbranched alkanes of at least 4 members (excludes halogenated alkanes) is 1. The van der Waals surface area contributed by atoms with Crippen LogP contribution in [0, 0.1) is 0 Å². The number of amides is 1. The van der Waals surface area contributed by atoms with Crippen LogP contribution in [0.4, 0.5) is 0 Å². The van der Waals surface area contributed by atoms with Crippen molar-refractivity contribution >= 4 is 23.2 Å². The number of hydrogen-bond donors (Lipinski definition) is 10. The zero-order chi connectivity index (χ0) is 21.7. The van der Waals surface area contributed by atoms with E-state index in [-0.39, 0.29) is 11.4 Å². The lowest BCUT2D eigenvalue weighted by Crippen LogP contribution is -2.71. The van der Waals surface area contributed by atoms with Gasteiger partial charge < -0.3 is 53.6 Å². The summed E-state index contributed by atoms with van der Waals surface area (Å²) in [5.74, 6) is -0.0378. The second-order valence-electron chi connectivity index (χ2n) is 8.21. The first-order chi connectivity index (χ1) is 14.5. The minimum absolute atomic E-state index is 0.0378. The van der Waals surface area contributed by atoms with Crippen LogP contribution in [0.2, 0.25) is 0 Å². The van der Waals surface area contributed by atoms with Crippen LogP contribution in [-0.2, 0) is 4.79 Å². The number of thiocarbonyl (C=S) groups is 1. The molecule has 3 aliphatic rings. The number of hydrogen-bond acceptors (Lipinski definition) is 9. The Morgan fingerprint density at radius 3 is 1.67 bits per heavy atom. The monoisotopic (exact) mass is 444 g/mol. The van der Waals surface area contributed by atoms with Crippen molar-refractivity contribution < 1.29 is 4.79 Å². The molecule has 0 unspecified atom stereocenters.